The van der Waals surface area contributed by atoms with Crippen molar-refractivity contribution in [2.75, 3.05) is 7.11 Å². The molecule has 0 saturated heterocycles. The third-order valence-electron chi connectivity index (χ3n) is 2.10. The molecule has 1 aromatic carbocycles. The maximum absolute atomic E-state index is 5.22. The molecule has 0 radical (unpaired) electrons. The molecule has 0 aliphatic rings. The Morgan fingerprint density at radius 3 is 2.86 bits per heavy atom. The highest BCUT2D eigenvalue weighted by Gasteiger charge is 2.04. The monoisotopic (exact) mass is 189 g/mol. The number of nitrogens with zero attached hydrogens (tertiary/aromatic N) is 2. The van der Waals surface area contributed by atoms with Gasteiger partial charge in [0.1, 0.15) is 12.1 Å². The zero-order valence-corrected chi connectivity index (χ0v) is 8.11. The molecule has 0 aliphatic heterocycles. The minimum atomic E-state index is 0.753. The lowest BCUT2D eigenvalue weighted by atomic mass is 10.1. The maximum Gasteiger partial charge on any atom is 0.155 e. The smallest absolute Gasteiger partial charge is 0.155 e. The Bertz CT molecular complexity index is 423. The number of hydrogen-bond acceptors (Lipinski definition) is 3. The summed E-state index contributed by atoms with van der Waals surface area (Å²) in [6.45, 7) is 2.00. The number of rotatable bonds is 2. The Morgan fingerprint density at radius 2 is 2.21 bits per heavy atom. The van der Waals surface area contributed by atoms with E-state index in [4.69, 9.17) is 4.74 Å². The van der Waals surface area contributed by atoms with Gasteiger partial charge in [0, 0.05) is 5.56 Å². The van der Waals surface area contributed by atoms with Crippen molar-refractivity contribution in [2.45, 2.75) is 6.92 Å². The van der Waals surface area contributed by atoms with Crippen molar-refractivity contribution in [3.63, 3.8) is 0 Å². The average molecular weight is 189 g/mol. The highest BCUT2D eigenvalue weighted by molar-refractivity contribution is 5.58. The first-order valence-corrected chi connectivity index (χ1v) is 4.31. The largest absolute Gasteiger partial charge is 0.496 e. The number of H-pyrrole nitrogens is 1. The Labute approximate surface area is 81.9 Å². The van der Waals surface area contributed by atoms with E-state index in [2.05, 4.69) is 15.2 Å². The van der Waals surface area contributed by atoms with Gasteiger partial charge in [-0.3, -0.25) is 5.10 Å². The molecule has 0 unspecified atom stereocenters. The Balaban J connectivity index is 2.46. The minimum Gasteiger partial charge on any atom is -0.496 e. The van der Waals surface area contributed by atoms with Gasteiger partial charge in [0.15, 0.2) is 5.82 Å². The van der Waals surface area contributed by atoms with E-state index in [1.54, 1.807) is 7.11 Å². The predicted octanol–water partition coefficient (Wildman–Crippen LogP) is 1.79. The molecule has 0 aliphatic carbocycles. The molecule has 0 saturated carbocycles. The van der Waals surface area contributed by atoms with Crippen molar-refractivity contribution < 1.29 is 4.74 Å². The van der Waals surface area contributed by atoms with Crippen LogP contribution < -0.4 is 4.74 Å². The predicted molar refractivity (Wildman–Crippen MR) is 53.1 cm³/mol. The molecule has 0 spiro atoms. The second-order valence-electron chi connectivity index (χ2n) is 3.02. The van der Waals surface area contributed by atoms with Gasteiger partial charge in [0.25, 0.3) is 0 Å². The summed E-state index contributed by atoms with van der Waals surface area (Å²) in [4.78, 5) is 4.07. The van der Waals surface area contributed by atoms with Crippen LogP contribution in [-0.4, -0.2) is 22.3 Å². The zero-order chi connectivity index (χ0) is 9.97. The fourth-order valence-corrected chi connectivity index (χ4v) is 1.31. The molecule has 1 heterocycles. The Hall–Kier alpha value is -1.84. The van der Waals surface area contributed by atoms with Crippen molar-refractivity contribution >= 4 is 0 Å². The Morgan fingerprint density at radius 1 is 1.36 bits per heavy atom. The SMILES string of the molecule is COc1cc(-c2ncn[nH]2)ccc1C. The molecular formula is C10H11N3O. The molecule has 72 valence electrons. The number of ether oxygens (including phenoxy) is 1. The molecule has 4 nitrogen and oxygen atoms in total. The number of benzene rings is 1. The Kier molecular flexibility index (Phi) is 2.18. The molecular weight excluding hydrogens is 178 g/mol. The van der Waals surface area contributed by atoms with Gasteiger partial charge in [-0.25, -0.2) is 4.98 Å². The van der Waals surface area contributed by atoms with E-state index in [1.807, 2.05) is 25.1 Å². The van der Waals surface area contributed by atoms with Crippen LogP contribution in [0, 0.1) is 6.92 Å². The summed E-state index contributed by atoms with van der Waals surface area (Å²) in [7, 11) is 1.66. The van der Waals surface area contributed by atoms with Crippen LogP contribution in [-0.2, 0) is 0 Å². The molecule has 0 atom stereocenters. The van der Waals surface area contributed by atoms with Gasteiger partial charge in [-0.1, -0.05) is 12.1 Å². The molecule has 0 fully saturated rings. The quantitative estimate of drug-likeness (QED) is 0.783. The van der Waals surface area contributed by atoms with E-state index in [0.29, 0.717) is 0 Å². The van der Waals surface area contributed by atoms with Gasteiger partial charge in [-0.05, 0) is 18.6 Å². The van der Waals surface area contributed by atoms with Crippen LogP contribution >= 0.6 is 0 Å². The molecule has 0 bridgehead atoms. The number of methoxy groups -OCH3 is 1. The molecule has 1 aromatic heterocycles. The summed E-state index contributed by atoms with van der Waals surface area (Å²) in [6, 6.07) is 5.92. The zero-order valence-electron chi connectivity index (χ0n) is 8.11. The van der Waals surface area contributed by atoms with Gasteiger partial charge in [0.2, 0.25) is 0 Å². The van der Waals surface area contributed by atoms with Crippen molar-refractivity contribution in [2.24, 2.45) is 0 Å². The minimum absolute atomic E-state index is 0.753. The van der Waals surface area contributed by atoms with Crippen LogP contribution in [0.25, 0.3) is 11.4 Å². The average Bonchev–Trinajstić information content (AvgIpc) is 2.71. The van der Waals surface area contributed by atoms with Crippen LogP contribution in [0.15, 0.2) is 24.5 Å². The van der Waals surface area contributed by atoms with E-state index in [0.717, 1.165) is 22.7 Å². The van der Waals surface area contributed by atoms with Gasteiger partial charge in [-0.15, -0.1) is 0 Å². The van der Waals surface area contributed by atoms with Gasteiger partial charge >= 0.3 is 0 Å². The van der Waals surface area contributed by atoms with Gasteiger partial charge in [-0.2, -0.15) is 5.10 Å². The lowest BCUT2D eigenvalue weighted by Crippen LogP contribution is -1.88. The third-order valence-corrected chi connectivity index (χ3v) is 2.10. The third kappa shape index (κ3) is 1.46. The molecule has 2 rings (SSSR count). The number of aryl methyl sites for hydroxylation is 1. The lowest BCUT2D eigenvalue weighted by molar-refractivity contribution is 0.412. The van der Waals surface area contributed by atoms with E-state index in [9.17, 15) is 0 Å². The van der Waals surface area contributed by atoms with Gasteiger partial charge in [0.05, 0.1) is 7.11 Å². The standard InChI is InChI=1S/C10H11N3O/c1-7-3-4-8(5-9(7)14-2)10-11-6-12-13-10/h3-6H,1-2H3,(H,11,12,13). The number of hydrogen-bond donors (Lipinski definition) is 1. The van der Waals surface area contributed by atoms with Crippen LogP contribution in [0.2, 0.25) is 0 Å². The maximum atomic E-state index is 5.22. The summed E-state index contributed by atoms with van der Waals surface area (Å²) in [6.07, 6.45) is 1.49. The fourth-order valence-electron chi connectivity index (χ4n) is 1.31. The number of nitrogens with one attached hydrogen (secondary N) is 1. The second kappa shape index (κ2) is 3.49. The van der Waals surface area contributed by atoms with Crippen molar-refractivity contribution in [1.29, 1.82) is 0 Å². The first-order valence-electron chi connectivity index (χ1n) is 4.31. The van der Waals surface area contributed by atoms with Crippen LogP contribution in [0.5, 0.6) is 5.75 Å². The highest BCUT2D eigenvalue weighted by atomic mass is 16.5. The molecule has 14 heavy (non-hydrogen) atoms. The summed E-state index contributed by atoms with van der Waals surface area (Å²) in [5.74, 6) is 1.61. The van der Waals surface area contributed by atoms with Crippen molar-refractivity contribution in [3.05, 3.63) is 30.1 Å². The molecule has 2 aromatic rings. The number of aromatic amines is 1. The van der Waals surface area contributed by atoms with E-state index in [-0.39, 0.29) is 0 Å². The van der Waals surface area contributed by atoms with Gasteiger partial charge < -0.3 is 4.74 Å². The molecule has 1 N–H and O–H groups in total. The summed E-state index contributed by atoms with van der Waals surface area (Å²) in [5, 5.41) is 6.61. The van der Waals surface area contributed by atoms with E-state index in [1.165, 1.54) is 6.33 Å². The summed E-state index contributed by atoms with van der Waals surface area (Å²) >= 11 is 0. The second-order valence-corrected chi connectivity index (χ2v) is 3.02. The van der Waals surface area contributed by atoms with Crippen LogP contribution in [0.4, 0.5) is 0 Å². The van der Waals surface area contributed by atoms with Crippen molar-refractivity contribution in [3.8, 4) is 17.1 Å². The van der Waals surface area contributed by atoms with E-state index < -0.39 is 0 Å². The van der Waals surface area contributed by atoms with E-state index >= 15 is 0 Å². The topological polar surface area (TPSA) is 50.8 Å². The summed E-state index contributed by atoms with van der Waals surface area (Å²) in [5.41, 5.74) is 2.08. The lowest BCUT2D eigenvalue weighted by Gasteiger charge is -2.05. The van der Waals surface area contributed by atoms with Crippen LogP contribution in [0.1, 0.15) is 5.56 Å². The van der Waals surface area contributed by atoms with Crippen LogP contribution in [0.3, 0.4) is 0 Å². The normalized spacial score (nSPS) is 10.1. The molecule has 0 amide bonds. The van der Waals surface area contributed by atoms with Crippen molar-refractivity contribution in [1.82, 2.24) is 15.2 Å². The number of aromatic nitrogens is 3. The summed E-state index contributed by atoms with van der Waals surface area (Å²) < 4.78 is 5.22. The first kappa shape index (κ1) is 8.74. The first-order chi connectivity index (χ1) is 6.81. The fraction of sp³-hybridized carbons (Fsp3) is 0.200. The molecule has 4 heteroatoms. The highest BCUT2D eigenvalue weighted by Crippen LogP contribution is 2.23.